The molecule has 0 radical (unpaired) electrons. The summed E-state index contributed by atoms with van der Waals surface area (Å²) in [5, 5.41) is 8.95. The minimum absolute atomic E-state index is 0.201. The van der Waals surface area contributed by atoms with E-state index in [4.69, 9.17) is 15.7 Å². The first-order chi connectivity index (χ1) is 9.52. The standard InChI is InChI=1S/C17H24N2O/c1-17(2,12-18)9-3-4-10-20-14-6-7-15-13(11-14)5-8-16(15)19/h6-7,11,16H,3-5,8-10,19H2,1-2H3. The molecule has 3 heteroatoms. The first kappa shape index (κ1) is 14.9. The lowest BCUT2D eigenvalue weighted by atomic mass is 9.89. The van der Waals surface area contributed by atoms with Crippen LogP contribution >= 0.6 is 0 Å². The van der Waals surface area contributed by atoms with Crippen molar-refractivity contribution in [3.63, 3.8) is 0 Å². The number of unbranched alkanes of at least 4 members (excludes halogenated alkanes) is 1. The Labute approximate surface area is 121 Å². The fourth-order valence-electron chi connectivity index (χ4n) is 2.63. The summed E-state index contributed by atoms with van der Waals surface area (Å²) >= 11 is 0. The van der Waals surface area contributed by atoms with Gasteiger partial charge in [-0.2, -0.15) is 5.26 Å². The molecule has 3 nitrogen and oxygen atoms in total. The minimum atomic E-state index is -0.219. The van der Waals surface area contributed by atoms with Gasteiger partial charge in [0.2, 0.25) is 0 Å². The third-order valence-corrected chi connectivity index (χ3v) is 4.01. The van der Waals surface area contributed by atoms with Crippen LogP contribution in [-0.4, -0.2) is 6.61 Å². The van der Waals surface area contributed by atoms with Gasteiger partial charge in [0.15, 0.2) is 0 Å². The Balaban J connectivity index is 1.74. The number of fused-ring (bicyclic) bond motifs is 1. The van der Waals surface area contributed by atoms with Crippen LogP contribution in [0.25, 0.3) is 0 Å². The van der Waals surface area contributed by atoms with E-state index in [0.717, 1.165) is 37.9 Å². The quantitative estimate of drug-likeness (QED) is 0.803. The Morgan fingerprint density at radius 3 is 2.95 bits per heavy atom. The molecule has 1 unspecified atom stereocenters. The van der Waals surface area contributed by atoms with E-state index in [9.17, 15) is 0 Å². The van der Waals surface area contributed by atoms with Crippen molar-refractivity contribution >= 4 is 0 Å². The zero-order valence-electron chi connectivity index (χ0n) is 12.5. The number of nitriles is 1. The van der Waals surface area contributed by atoms with Crippen LogP contribution in [0.5, 0.6) is 5.75 Å². The fraction of sp³-hybridized carbons (Fsp3) is 0.588. The number of aryl methyl sites for hydroxylation is 1. The van der Waals surface area contributed by atoms with Crippen molar-refractivity contribution in [2.45, 2.75) is 52.0 Å². The largest absolute Gasteiger partial charge is 0.494 e. The summed E-state index contributed by atoms with van der Waals surface area (Å²) in [7, 11) is 0. The van der Waals surface area contributed by atoms with Crippen LogP contribution in [0.3, 0.4) is 0 Å². The molecule has 0 bridgehead atoms. The van der Waals surface area contributed by atoms with Crippen molar-refractivity contribution in [1.29, 1.82) is 5.26 Å². The molecule has 1 aliphatic carbocycles. The lowest BCUT2D eigenvalue weighted by molar-refractivity contribution is 0.294. The van der Waals surface area contributed by atoms with Crippen molar-refractivity contribution in [3.05, 3.63) is 29.3 Å². The molecule has 108 valence electrons. The van der Waals surface area contributed by atoms with Crippen molar-refractivity contribution in [1.82, 2.24) is 0 Å². The molecule has 1 aromatic carbocycles. The highest BCUT2D eigenvalue weighted by molar-refractivity contribution is 5.40. The van der Waals surface area contributed by atoms with Gasteiger partial charge in [-0.3, -0.25) is 0 Å². The molecular weight excluding hydrogens is 248 g/mol. The summed E-state index contributed by atoms with van der Waals surface area (Å²) in [5.41, 5.74) is 8.41. The number of hydrogen-bond acceptors (Lipinski definition) is 3. The van der Waals surface area contributed by atoms with Crippen molar-refractivity contribution < 1.29 is 4.74 Å². The molecule has 2 N–H and O–H groups in total. The van der Waals surface area contributed by atoms with Gasteiger partial charge in [0.05, 0.1) is 18.1 Å². The highest BCUT2D eigenvalue weighted by Gasteiger charge is 2.19. The van der Waals surface area contributed by atoms with Crippen LogP contribution in [0.15, 0.2) is 18.2 Å². The number of ether oxygens (including phenoxy) is 1. The lowest BCUT2D eigenvalue weighted by Gasteiger charge is -2.14. The Bertz CT molecular complexity index is 502. The van der Waals surface area contributed by atoms with Crippen LogP contribution in [-0.2, 0) is 6.42 Å². The van der Waals surface area contributed by atoms with E-state index in [1.54, 1.807) is 0 Å². The first-order valence-corrected chi connectivity index (χ1v) is 7.44. The van der Waals surface area contributed by atoms with Crippen LogP contribution in [0, 0.1) is 16.7 Å². The van der Waals surface area contributed by atoms with Crippen molar-refractivity contribution in [2.24, 2.45) is 11.1 Å². The van der Waals surface area contributed by atoms with E-state index in [-0.39, 0.29) is 11.5 Å². The first-order valence-electron chi connectivity index (χ1n) is 7.44. The molecule has 0 saturated heterocycles. The zero-order valence-corrected chi connectivity index (χ0v) is 12.5. The third kappa shape index (κ3) is 3.74. The number of nitrogens with two attached hydrogens (primary N) is 1. The van der Waals surface area contributed by atoms with Gasteiger partial charge in [-0.05, 0) is 69.2 Å². The summed E-state index contributed by atoms with van der Waals surface area (Å²) in [6.07, 6.45) is 5.04. The van der Waals surface area contributed by atoms with Gasteiger partial charge in [0, 0.05) is 6.04 Å². The van der Waals surface area contributed by atoms with Gasteiger partial charge in [-0.15, -0.1) is 0 Å². The molecule has 0 spiro atoms. The number of rotatable bonds is 6. The summed E-state index contributed by atoms with van der Waals surface area (Å²) in [4.78, 5) is 0. The lowest BCUT2D eigenvalue weighted by Crippen LogP contribution is -2.08. The summed E-state index contributed by atoms with van der Waals surface area (Å²) in [6, 6.07) is 8.77. The van der Waals surface area contributed by atoms with E-state index in [0.29, 0.717) is 6.61 Å². The van der Waals surface area contributed by atoms with E-state index in [2.05, 4.69) is 18.2 Å². The number of benzene rings is 1. The highest BCUT2D eigenvalue weighted by Crippen LogP contribution is 2.31. The second-order valence-corrected chi connectivity index (χ2v) is 6.31. The SMILES string of the molecule is CC(C)(C#N)CCCCOc1ccc2c(c1)CCC2N. The van der Waals surface area contributed by atoms with Crippen LogP contribution in [0.2, 0.25) is 0 Å². The summed E-state index contributed by atoms with van der Waals surface area (Å²) in [6.45, 7) is 4.68. The van der Waals surface area contributed by atoms with E-state index < -0.39 is 0 Å². The minimum Gasteiger partial charge on any atom is -0.494 e. The van der Waals surface area contributed by atoms with Gasteiger partial charge < -0.3 is 10.5 Å². The van der Waals surface area contributed by atoms with Gasteiger partial charge >= 0.3 is 0 Å². The number of nitrogens with zero attached hydrogens (tertiary/aromatic N) is 1. The van der Waals surface area contributed by atoms with E-state index in [1.807, 2.05) is 19.9 Å². The molecular formula is C17H24N2O. The van der Waals surface area contributed by atoms with Crippen molar-refractivity contribution in [3.8, 4) is 11.8 Å². The predicted molar refractivity (Wildman–Crippen MR) is 80.4 cm³/mol. The summed E-state index contributed by atoms with van der Waals surface area (Å²) < 4.78 is 5.79. The van der Waals surface area contributed by atoms with Gasteiger partial charge in [0.25, 0.3) is 0 Å². The Hall–Kier alpha value is -1.53. The normalized spacial score (nSPS) is 17.6. The zero-order chi connectivity index (χ0) is 14.6. The van der Waals surface area contributed by atoms with E-state index >= 15 is 0 Å². The fourth-order valence-corrected chi connectivity index (χ4v) is 2.63. The number of hydrogen-bond donors (Lipinski definition) is 1. The maximum absolute atomic E-state index is 8.95. The average Bonchev–Trinajstić information content (AvgIpc) is 2.79. The van der Waals surface area contributed by atoms with Crippen LogP contribution in [0.1, 0.15) is 56.7 Å². The highest BCUT2D eigenvalue weighted by atomic mass is 16.5. The molecule has 1 aromatic rings. The summed E-state index contributed by atoms with van der Waals surface area (Å²) in [5.74, 6) is 0.942. The molecule has 0 amide bonds. The molecule has 0 aliphatic heterocycles. The van der Waals surface area contributed by atoms with Crippen LogP contribution in [0.4, 0.5) is 0 Å². The smallest absolute Gasteiger partial charge is 0.119 e. The third-order valence-electron chi connectivity index (χ3n) is 4.01. The van der Waals surface area contributed by atoms with Crippen LogP contribution < -0.4 is 10.5 Å². The second kappa shape index (κ2) is 6.28. The average molecular weight is 272 g/mol. The van der Waals surface area contributed by atoms with E-state index in [1.165, 1.54) is 11.1 Å². The molecule has 2 rings (SSSR count). The molecule has 0 aromatic heterocycles. The predicted octanol–water partition coefficient (Wildman–Crippen LogP) is 3.73. The molecule has 1 atom stereocenters. The molecule has 1 aliphatic rings. The second-order valence-electron chi connectivity index (χ2n) is 6.31. The Morgan fingerprint density at radius 2 is 2.20 bits per heavy atom. The maximum Gasteiger partial charge on any atom is 0.119 e. The molecule has 0 saturated carbocycles. The molecule has 20 heavy (non-hydrogen) atoms. The molecule has 0 heterocycles. The molecule has 0 fully saturated rings. The van der Waals surface area contributed by atoms with Gasteiger partial charge in [-0.1, -0.05) is 6.07 Å². The Kier molecular flexibility index (Phi) is 4.67. The monoisotopic (exact) mass is 272 g/mol. The Morgan fingerprint density at radius 1 is 1.40 bits per heavy atom. The maximum atomic E-state index is 8.95. The topological polar surface area (TPSA) is 59.0 Å². The van der Waals surface area contributed by atoms with Crippen molar-refractivity contribution in [2.75, 3.05) is 6.61 Å². The van der Waals surface area contributed by atoms with Gasteiger partial charge in [0.1, 0.15) is 5.75 Å². The van der Waals surface area contributed by atoms with Gasteiger partial charge in [-0.25, -0.2) is 0 Å².